The second-order valence-corrected chi connectivity index (χ2v) is 7.44. The Balaban J connectivity index is 1.60. The summed E-state index contributed by atoms with van der Waals surface area (Å²) in [5, 5.41) is 3.01. The molecule has 5 heteroatoms. The number of hydrogen-bond acceptors (Lipinski definition) is 5. The number of ether oxygens (including phenoxy) is 2. The van der Waals surface area contributed by atoms with E-state index in [2.05, 4.69) is 5.32 Å². The molecule has 154 valence electrons. The van der Waals surface area contributed by atoms with E-state index >= 15 is 0 Å². The molecule has 30 heavy (non-hydrogen) atoms. The van der Waals surface area contributed by atoms with Crippen LogP contribution in [0.25, 0.3) is 11.6 Å². The molecular formula is C25H25NO4. The van der Waals surface area contributed by atoms with Crippen LogP contribution in [0.1, 0.15) is 52.7 Å². The second kappa shape index (κ2) is 8.57. The van der Waals surface area contributed by atoms with Crippen molar-refractivity contribution in [1.29, 1.82) is 0 Å². The first-order valence-electron chi connectivity index (χ1n) is 10.3. The van der Waals surface area contributed by atoms with Crippen molar-refractivity contribution < 1.29 is 19.1 Å². The number of benzene rings is 2. The molecular weight excluding hydrogens is 378 g/mol. The quantitative estimate of drug-likeness (QED) is 0.551. The van der Waals surface area contributed by atoms with Gasteiger partial charge in [-0.2, -0.15) is 0 Å². The van der Waals surface area contributed by atoms with Gasteiger partial charge in [0.25, 0.3) is 0 Å². The molecule has 2 aromatic rings. The first-order valence-corrected chi connectivity index (χ1v) is 10.3. The van der Waals surface area contributed by atoms with E-state index in [1.54, 1.807) is 25.2 Å². The fourth-order valence-electron chi connectivity index (χ4n) is 3.92. The van der Waals surface area contributed by atoms with E-state index in [9.17, 15) is 9.59 Å². The normalized spacial score (nSPS) is 19.6. The van der Waals surface area contributed by atoms with Crippen LogP contribution in [0.3, 0.4) is 0 Å². The third-order valence-corrected chi connectivity index (χ3v) is 5.49. The Bertz CT molecular complexity index is 1040. The van der Waals surface area contributed by atoms with Crippen molar-refractivity contribution in [3.63, 3.8) is 0 Å². The Morgan fingerprint density at radius 1 is 1.17 bits per heavy atom. The molecule has 0 radical (unpaired) electrons. The van der Waals surface area contributed by atoms with Gasteiger partial charge in [0.2, 0.25) is 5.78 Å². The van der Waals surface area contributed by atoms with Gasteiger partial charge >= 0.3 is 5.97 Å². The van der Waals surface area contributed by atoms with Gasteiger partial charge in [-0.25, -0.2) is 4.79 Å². The summed E-state index contributed by atoms with van der Waals surface area (Å²) in [5.41, 5.74) is 3.72. The van der Waals surface area contributed by atoms with Crippen LogP contribution in [-0.4, -0.2) is 31.5 Å². The van der Waals surface area contributed by atoms with Crippen LogP contribution in [0.15, 0.2) is 60.5 Å². The number of esters is 1. The molecule has 5 nitrogen and oxygen atoms in total. The molecule has 0 saturated carbocycles. The Morgan fingerprint density at radius 3 is 2.80 bits per heavy atom. The van der Waals surface area contributed by atoms with Gasteiger partial charge in [-0.15, -0.1) is 0 Å². The smallest absolute Gasteiger partial charge is 0.338 e. The minimum atomic E-state index is -0.637. The molecule has 4 rings (SSSR count). The highest BCUT2D eigenvalue weighted by molar-refractivity contribution is 6.25. The number of carbonyl (C=O) groups excluding carboxylic acids is 2. The molecule has 2 atom stereocenters. The fraction of sp³-hybridized carbons (Fsp3) is 0.280. The third kappa shape index (κ3) is 3.63. The average molecular weight is 403 g/mol. The summed E-state index contributed by atoms with van der Waals surface area (Å²) in [4.78, 5) is 25.7. The maximum Gasteiger partial charge on any atom is 0.338 e. The van der Waals surface area contributed by atoms with Gasteiger partial charge in [-0.1, -0.05) is 61.9 Å². The molecule has 0 saturated heterocycles. The summed E-state index contributed by atoms with van der Waals surface area (Å²) in [7, 11) is 1.73. The predicted octanol–water partition coefficient (Wildman–Crippen LogP) is 4.31. The van der Waals surface area contributed by atoms with E-state index in [0.29, 0.717) is 29.2 Å². The summed E-state index contributed by atoms with van der Waals surface area (Å²) >= 11 is 0. The zero-order valence-electron chi connectivity index (χ0n) is 17.2. The fourth-order valence-corrected chi connectivity index (χ4v) is 3.92. The molecule has 1 aliphatic carbocycles. The first kappa shape index (κ1) is 20.0. The molecule has 0 aromatic heterocycles. The Morgan fingerprint density at radius 2 is 2.00 bits per heavy atom. The third-order valence-electron chi connectivity index (χ3n) is 5.49. The number of fused-ring (bicyclic) bond motifs is 1. The predicted molar refractivity (Wildman–Crippen MR) is 116 cm³/mol. The number of nitrogens with one attached hydrogen (secondary N) is 1. The SMILES string of the molecule is CCCCOC(=O)c1cccc(C2=C(NC)OC(C3C=Cc4ccccc43)C2=O)c1. The second-order valence-electron chi connectivity index (χ2n) is 7.44. The van der Waals surface area contributed by atoms with Crippen LogP contribution in [-0.2, 0) is 14.3 Å². The van der Waals surface area contributed by atoms with E-state index in [4.69, 9.17) is 9.47 Å². The van der Waals surface area contributed by atoms with Crippen LogP contribution in [0.5, 0.6) is 0 Å². The van der Waals surface area contributed by atoms with Crippen molar-refractivity contribution in [3.05, 3.63) is 82.7 Å². The van der Waals surface area contributed by atoms with Crippen molar-refractivity contribution >= 4 is 23.4 Å². The van der Waals surface area contributed by atoms with Gasteiger partial charge < -0.3 is 14.8 Å². The average Bonchev–Trinajstić information content (AvgIpc) is 3.34. The van der Waals surface area contributed by atoms with Gasteiger partial charge in [-0.3, -0.25) is 4.79 Å². The lowest BCUT2D eigenvalue weighted by atomic mass is 9.89. The molecule has 0 fully saturated rings. The highest BCUT2D eigenvalue weighted by Crippen LogP contribution is 2.40. The summed E-state index contributed by atoms with van der Waals surface area (Å²) in [6, 6.07) is 15.0. The highest BCUT2D eigenvalue weighted by atomic mass is 16.5. The van der Waals surface area contributed by atoms with Crippen molar-refractivity contribution in [2.24, 2.45) is 0 Å². The van der Waals surface area contributed by atoms with Crippen LogP contribution in [0, 0.1) is 0 Å². The van der Waals surface area contributed by atoms with E-state index in [0.717, 1.165) is 24.0 Å². The van der Waals surface area contributed by atoms with Gasteiger partial charge in [0.05, 0.1) is 17.7 Å². The molecule has 2 aliphatic rings. The lowest BCUT2D eigenvalue weighted by Crippen LogP contribution is -2.25. The Hall–Kier alpha value is -3.34. The van der Waals surface area contributed by atoms with Crippen molar-refractivity contribution in [2.75, 3.05) is 13.7 Å². The monoisotopic (exact) mass is 403 g/mol. The maximum atomic E-state index is 13.4. The Kier molecular flexibility index (Phi) is 5.70. The van der Waals surface area contributed by atoms with Crippen molar-refractivity contribution in [3.8, 4) is 0 Å². The largest absolute Gasteiger partial charge is 0.466 e. The molecule has 0 bridgehead atoms. The molecule has 1 N–H and O–H groups in total. The lowest BCUT2D eigenvalue weighted by molar-refractivity contribution is -0.120. The minimum Gasteiger partial charge on any atom is -0.466 e. The molecule has 1 heterocycles. The van der Waals surface area contributed by atoms with Crippen LogP contribution in [0.2, 0.25) is 0 Å². The van der Waals surface area contributed by atoms with E-state index in [-0.39, 0.29) is 17.7 Å². The number of unbranched alkanes of at least 4 members (excludes halogenated alkanes) is 1. The summed E-state index contributed by atoms with van der Waals surface area (Å²) in [5.74, 6) is -0.189. The number of ketones is 1. The lowest BCUT2D eigenvalue weighted by Gasteiger charge is -2.18. The first-order chi connectivity index (χ1) is 14.6. The topological polar surface area (TPSA) is 64.6 Å². The molecule has 1 aliphatic heterocycles. The maximum absolute atomic E-state index is 13.4. The van der Waals surface area contributed by atoms with Crippen molar-refractivity contribution in [2.45, 2.75) is 31.8 Å². The van der Waals surface area contributed by atoms with Gasteiger partial charge in [0.1, 0.15) is 0 Å². The van der Waals surface area contributed by atoms with Crippen LogP contribution < -0.4 is 5.32 Å². The molecule has 0 spiro atoms. The zero-order valence-corrected chi connectivity index (χ0v) is 17.2. The van der Waals surface area contributed by atoms with Gasteiger partial charge in [0.15, 0.2) is 12.0 Å². The standard InChI is InChI=1S/C25H25NO4/c1-3-4-14-29-25(28)18-10-7-9-17(15-18)21-22(27)23(30-24(21)26-2)20-13-12-16-8-5-6-11-19(16)20/h5-13,15,20,23,26H,3-4,14H2,1-2H3. The molecule has 2 aromatic carbocycles. The summed E-state index contributed by atoms with van der Waals surface area (Å²) in [6.45, 7) is 2.43. The van der Waals surface area contributed by atoms with Gasteiger partial charge in [0, 0.05) is 13.0 Å². The minimum absolute atomic E-state index is 0.0952. The van der Waals surface area contributed by atoms with Gasteiger partial charge in [-0.05, 0) is 35.2 Å². The number of carbonyl (C=O) groups is 2. The van der Waals surface area contributed by atoms with E-state index in [1.165, 1.54) is 0 Å². The number of rotatable bonds is 7. The Labute approximate surface area is 176 Å². The number of Topliss-reactive ketones (excluding diaryl/α,β-unsaturated/α-hetero) is 1. The van der Waals surface area contributed by atoms with Crippen LogP contribution in [0.4, 0.5) is 0 Å². The number of hydrogen-bond donors (Lipinski definition) is 1. The molecule has 0 amide bonds. The van der Waals surface area contributed by atoms with Crippen molar-refractivity contribution in [1.82, 2.24) is 5.32 Å². The van der Waals surface area contributed by atoms with Crippen LogP contribution >= 0.6 is 0 Å². The van der Waals surface area contributed by atoms with E-state index in [1.807, 2.05) is 49.4 Å². The summed E-state index contributed by atoms with van der Waals surface area (Å²) in [6.07, 6.45) is 5.19. The highest BCUT2D eigenvalue weighted by Gasteiger charge is 2.42. The van der Waals surface area contributed by atoms with E-state index < -0.39 is 6.10 Å². The summed E-state index contributed by atoms with van der Waals surface area (Å²) < 4.78 is 11.4. The zero-order chi connectivity index (χ0) is 21.1. The molecule has 2 unspecified atom stereocenters.